The van der Waals surface area contributed by atoms with Crippen molar-refractivity contribution in [1.29, 1.82) is 5.41 Å². The van der Waals surface area contributed by atoms with Crippen LogP contribution in [0.15, 0.2) is 52.2 Å². The molecule has 6 N–H and O–H groups in total. The summed E-state index contributed by atoms with van der Waals surface area (Å²) in [6.45, 7) is 0.698. The minimum absolute atomic E-state index is 0.00277. The average molecular weight is 474 g/mol. The molecule has 1 aliphatic rings. The molecule has 8 nitrogen and oxygen atoms in total. The molecule has 34 heavy (non-hydrogen) atoms. The molecular weight excluding hydrogens is 446 g/mol. The first-order valence-corrected chi connectivity index (χ1v) is 12.4. The van der Waals surface area contributed by atoms with E-state index in [1.165, 1.54) is 11.3 Å². The van der Waals surface area contributed by atoms with E-state index in [4.69, 9.17) is 16.1 Å². The van der Waals surface area contributed by atoms with Crippen molar-refractivity contribution < 1.29 is 4.79 Å². The first-order chi connectivity index (χ1) is 16.6. The van der Waals surface area contributed by atoms with Crippen LogP contribution < -0.4 is 11.1 Å². The van der Waals surface area contributed by atoms with Crippen molar-refractivity contribution in [3.8, 4) is 11.4 Å². The quantitative estimate of drug-likeness (QED) is 0.198. The van der Waals surface area contributed by atoms with Crippen LogP contribution in [0.25, 0.3) is 22.3 Å². The van der Waals surface area contributed by atoms with Crippen molar-refractivity contribution in [2.45, 2.75) is 31.6 Å². The minimum Gasteiger partial charge on any atom is -0.382 e. The van der Waals surface area contributed by atoms with Gasteiger partial charge in [-0.1, -0.05) is 18.2 Å². The van der Waals surface area contributed by atoms with Crippen LogP contribution in [0.3, 0.4) is 0 Å². The third-order valence-electron chi connectivity index (χ3n) is 6.54. The van der Waals surface area contributed by atoms with Crippen molar-refractivity contribution >= 4 is 40.3 Å². The van der Waals surface area contributed by atoms with Crippen molar-refractivity contribution in [1.82, 2.24) is 20.3 Å². The molecule has 3 aromatic heterocycles. The van der Waals surface area contributed by atoms with Crippen LogP contribution in [-0.2, 0) is 0 Å². The van der Waals surface area contributed by atoms with Gasteiger partial charge in [0.05, 0.1) is 5.69 Å². The van der Waals surface area contributed by atoms with Gasteiger partial charge in [-0.2, -0.15) is 11.3 Å². The van der Waals surface area contributed by atoms with Crippen molar-refractivity contribution in [3.63, 3.8) is 0 Å². The van der Waals surface area contributed by atoms with Gasteiger partial charge < -0.3 is 21.0 Å². The van der Waals surface area contributed by atoms with E-state index >= 15 is 0 Å². The third-order valence-corrected chi connectivity index (χ3v) is 7.22. The number of benzene rings is 1. The number of H-pyrrole nitrogens is 2. The molecule has 4 aromatic rings. The summed E-state index contributed by atoms with van der Waals surface area (Å²) in [5, 5.41) is 15.3. The largest absolute Gasteiger partial charge is 0.382 e. The summed E-state index contributed by atoms with van der Waals surface area (Å²) < 4.78 is 0. The molecular formula is C25H27N7OS. The topological polar surface area (TPSA) is 136 Å². The summed E-state index contributed by atoms with van der Waals surface area (Å²) >= 11 is 1.53. The summed E-state index contributed by atoms with van der Waals surface area (Å²) in [5.41, 5.74) is 10.2. The lowest BCUT2D eigenvalue weighted by molar-refractivity contribution is 0.0943. The van der Waals surface area contributed by atoms with E-state index in [9.17, 15) is 4.79 Å². The van der Waals surface area contributed by atoms with E-state index in [-0.39, 0.29) is 17.7 Å². The molecule has 5 rings (SSSR count). The van der Waals surface area contributed by atoms with Crippen LogP contribution in [0.4, 0.5) is 0 Å². The van der Waals surface area contributed by atoms with E-state index < -0.39 is 0 Å². The molecule has 0 radical (unpaired) electrons. The first kappa shape index (κ1) is 22.1. The van der Waals surface area contributed by atoms with Crippen LogP contribution >= 0.6 is 11.3 Å². The van der Waals surface area contributed by atoms with Crippen LogP contribution in [0.1, 0.15) is 53.5 Å². The van der Waals surface area contributed by atoms with E-state index in [1.54, 1.807) is 0 Å². The highest BCUT2D eigenvalue weighted by Gasteiger charge is 2.27. The Morgan fingerprint density at radius 2 is 2.06 bits per heavy atom. The molecule has 0 atom stereocenters. The minimum atomic E-state index is 0.00277. The number of nitrogens with zero attached hydrogens (tertiary/aromatic N) is 2. The second kappa shape index (κ2) is 9.64. The number of aliphatic imine (C=N–C) groups is 1. The SMILES string of the molecule is N=C/N=C(/N)c1[nH]c([C@H]2CC[C@H](CNC(=O)c3ccsc3)CC2)nc1-c1cc2ccccc2[nH]1. The zero-order valence-corrected chi connectivity index (χ0v) is 19.5. The van der Waals surface area contributed by atoms with Gasteiger partial charge in [0.2, 0.25) is 0 Å². The zero-order valence-electron chi connectivity index (χ0n) is 18.7. The summed E-state index contributed by atoms with van der Waals surface area (Å²) in [6, 6.07) is 12.0. The van der Waals surface area contributed by atoms with Gasteiger partial charge in [0.1, 0.15) is 23.6 Å². The van der Waals surface area contributed by atoms with Crippen LogP contribution in [0, 0.1) is 11.3 Å². The van der Waals surface area contributed by atoms with Crippen molar-refractivity contribution in [2.24, 2.45) is 16.6 Å². The Hall–Kier alpha value is -3.72. The number of aromatic nitrogens is 3. The van der Waals surface area contributed by atoms with E-state index in [0.29, 0.717) is 18.2 Å². The Labute approximate surface area is 201 Å². The maximum absolute atomic E-state index is 12.2. The summed E-state index contributed by atoms with van der Waals surface area (Å²) in [5.74, 6) is 1.89. The van der Waals surface area contributed by atoms with E-state index in [1.807, 2.05) is 35.0 Å². The second-order valence-electron chi connectivity index (χ2n) is 8.70. The highest BCUT2D eigenvalue weighted by Crippen LogP contribution is 2.36. The number of carbonyl (C=O) groups excluding carboxylic acids is 1. The number of imidazole rings is 1. The lowest BCUT2D eigenvalue weighted by atomic mass is 9.81. The Morgan fingerprint density at radius 1 is 1.24 bits per heavy atom. The van der Waals surface area contributed by atoms with Gasteiger partial charge in [0.25, 0.3) is 5.91 Å². The summed E-state index contributed by atoms with van der Waals surface area (Å²) in [4.78, 5) is 28.0. The fraction of sp³-hybridized carbons (Fsp3) is 0.280. The zero-order chi connectivity index (χ0) is 23.5. The number of nitrogens with two attached hydrogens (primary N) is 1. The van der Waals surface area contributed by atoms with Gasteiger partial charge in [-0.05, 0) is 55.2 Å². The molecule has 0 spiro atoms. The molecule has 0 aliphatic heterocycles. The lowest BCUT2D eigenvalue weighted by Gasteiger charge is -2.27. The van der Waals surface area contributed by atoms with Gasteiger partial charge in [-0.15, -0.1) is 0 Å². The van der Waals surface area contributed by atoms with Gasteiger partial charge in [-0.25, -0.2) is 9.98 Å². The molecule has 1 saturated carbocycles. The number of carbonyl (C=O) groups is 1. The normalized spacial score (nSPS) is 18.8. The molecule has 9 heteroatoms. The number of rotatable bonds is 7. The van der Waals surface area contributed by atoms with Crippen molar-refractivity contribution in [2.75, 3.05) is 6.54 Å². The second-order valence-corrected chi connectivity index (χ2v) is 9.48. The summed E-state index contributed by atoms with van der Waals surface area (Å²) in [6.07, 6.45) is 4.96. The maximum Gasteiger partial charge on any atom is 0.252 e. The number of thiophene rings is 1. The highest BCUT2D eigenvalue weighted by molar-refractivity contribution is 7.08. The van der Waals surface area contributed by atoms with Gasteiger partial charge in [0.15, 0.2) is 5.84 Å². The molecule has 0 bridgehead atoms. The average Bonchev–Trinajstić information content (AvgIpc) is 3.62. The number of para-hydroxylation sites is 1. The number of hydrogen-bond acceptors (Lipinski definition) is 4. The predicted molar refractivity (Wildman–Crippen MR) is 137 cm³/mol. The Bertz CT molecular complexity index is 1290. The highest BCUT2D eigenvalue weighted by atomic mass is 32.1. The van der Waals surface area contributed by atoms with Crippen LogP contribution in [0.2, 0.25) is 0 Å². The molecule has 174 valence electrons. The fourth-order valence-corrected chi connectivity index (χ4v) is 5.31. The Balaban J connectivity index is 1.31. The number of fused-ring (bicyclic) bond motifs is 1. The third kappa shape index (κ3) is 4.51. The number of hydrogen-bond donors (Lipinski definition) is 5. The van der Waals surface area contributed by atoms with Gasteiger partial charge in [0, 0.05) is 34.3 Å². The Kier molecular flexibility index (Phi) is 6.27. The molecule has 1 amide bonds. The number of aromatic amines is 2. The standard InChI is InChI=1S/C25H27N7OS/c26-14-29-23(27)22-21(20-11-17-3-1-2-4-19(17)30-20)31-24(32-22)16-7-5-15(6-8-16)12-28-25(33)18-9-10-34-13-18/h1-4,9-11,13-16,30H,5-8,12H2,(H,28,33)(H,31,32)(H3,26,27,29)/t15-,16-. The molecule has 1 aliphatic carbocycles. The first-order valence-electron chi connectivity index (χ1n) is 11.4. The van der Waals surface area contributed by atoms with E-state index in [0.717, 1.165) is 65.7 Å². The molecule has 1 fully saturated rings. The van der Waals surface area contributed by atoms with Crippen molar-refractivity contribution in [3.05, 3.63) is 64.2 Å². The Morgan fingerprint density at radius 3 is 2.79 bits per heavy atom. The molecule has 0 unspecified atom stereocenters. The maximum atomic E-state index is 12.2. The number of amidine groups is 1. The molecule has 3 heterocycles. The van der Waals surface area contributed by atoms with Crippen LogP contribution in [0.5, 0.6) is 0 Å². The molecule has 0 saturated heterocycles. The summed E-state index contributed by atoms with van der Waals surface area (Å²) in [7, 11) is 0. The number of nitrogens with one attached hydrogen (secondary N) is 4. The van der Waals surface area contributed by atoms with Gasteiger partial charge in [-0.3, -0.25) is 10.2 Å². The van der Waals surface area contributed by atoms with Gasteiger partial charge >= 0.3 is 0 Å². The van der Waals surface area contributed by atoms with Crippen LogP contribution in [-0.4, -0.2) is 39.6 Å². The molecule has 1 aromatic carbocycles. The monoisotopic (exact) mass is 473 g/mol. The number of amides is 1. The fourth-order valence-electron chi connectivity index (χ4n) is 4.67. The lowest BCUT2D eigenvalue weighted by Crippen LogP contribution is -2.31. The predicted octanol–water partition coefficient (Wildman–Crippen LogP) is 4.64. The smallest absolute Gasteiger partial charge is 0.252 e. The van der Waals surface area contributed by atoms with E-state index in [2.05, 4.69) is 32.4 Å².